The molecule has 0 N–H and O–H groups in total. The summed E-state index contributed by atoms with van der Waals surface area (Å²) in [6.07, 6.45) is 1.62. The molecule has 0 bridgehead atoms. The minimum atomic E-state index is -1.94. The number of hydrogen-bond acceptors (Lipinski definition) is 2. The van der Waals surface area contributed by atoms with Gasteiger partial charge in [-0.1, -0.05) is 19.9 Å². The molecule has 0 rings (SSSR count). The van der Waals surface area contributed by atoms with Crippen LogP contribution in [0.2, 0.25) is 0 Å². The fourth-order valence-electron chi connectivity index (χ4n) is 0.759. The van der Waals surface area contributed by atoms with Crippen LogP contribution < -0.4 is 0 Å². The Morgan fingerprint density at radius 1 is 1.62 bits per heavy atom. The summed E-state index contributed by atoms with van der Waals surface area (Å²) in [6.45, 7) is 7.08. The second-order valence-corrected chi connectivity index (χ2v) is 7.75. The summed E-state index contributed by atoms with van der Waals surface area (Å²) < 4.78 is 5.07. The van der Waals surface area contributed by atoms with Crippen LogP contribution in [-0.2, 0) is 9.53 Å². The van der Waals surface area contributed by atoms with E-state index in [0.29, 0.717) is 5.57 Å². The Morgan fingerprint density at radius 3 is 2.46 bits per heavy atom. The van der Waals surface area contributed by atoms with Crippen LogP contribution in [0.3, 0.4) is 0 Å². The van der Waals surface area contributed by atoms with Gasteiger partial charge in [0.25, 0.3) is 7.42 Å². The molecule has 0 radical (unpaired) electrons. The Hall–Kier alpha value is 0.00688. The fourth-order valence-corrected chi connectivity index (χ4v) is 2.64. The van der Waals surface area contributed by atoms with Gasteiger partial charge in [-0.3, -0.25) is 0 Å². The fraction of sp³-hybridized carbons (Fsp3) is 0.625. The summed E-state index contributed by atoms with van der Waals surface area (Å²) in [5, 5.41) is 0. The molecule has 0 aromatic heterocycles. The summed E-state index contributed by atoms with van der Waals surface area (Å²) in [6, 6.07) is 0. The number of ether oxygens (including phenoxy) is 1. The van der Waals surface area contributed by atoms with Gasteiger partial charge in [0, 0.05) is 5.57 Å². The number of esters is 1. The first-order valence-electron chi connectivity index (χ1n) is 4.13. The minimum Gasteiger partial charge on any atom is -0.460 e. The smallest absolute Gasteiger partial charge is 0.333 e. The molecule has 1 atom stereocenters. The molecule has 2 nitrogen and oxygen atoms in total. The average Bonchev–Trinajstić information content (AvgIpc) is 2.03. The Morgan fingerprint density at radius 2 is 2.15 bits per heavy atom. The molecule has 76 valence electrons. The van der Waals surface area contributed by atoms with Gasteiger partial charge in [-0.25, -0.2) is 4.79 Å². The molecular weight excluding hydrogens is 227 g/mol. The van der Waals surface area contributed by atoms with Crippen LogP contribution in [-0.4, -0.2) is 19.1 Å². The maximum absolute atomic E-state index is 11.1. The zero-order valence-electron chi connectivity index (χ0n) is 7.85. The molecule has 0 saturated heterocycles. The van der Waals surface area contributed by atoms with E-state index in [2.05, 4.69) is 6.58 Å². The Balaban J connectivity index is 4.09. The van der Waals surface area contributed by atoms with Crippen molar-refractivity contribution < 1.29 is 9.53 Å². The lowest BCUT2D eigenvalue weighted by atomic mass is 10.3. The second kappa shape index (κ2) is 6.46. The highest BCUT2D eigenvalue weighted by molar-refractivity contribution is 7.34. The Kier molecular flexibility index (Phi) is 6.46. The summed E-state index contributed by atoms with van der Waals surface area (Å²) in [4.78, 5) is 11.1. The molecule has 0 aliphatic heterocycles. The molecule has 0 aromatic rings. The number of carbonyl (C=O) groups excluding carboxylic acids is 1. The van der Waals surface area contributed by atoms with E-state index in [4.69, 9.17) is 26.9 Å². The van der Waals surface area contributed by atoms with Crippen molar-refractivity contribution in [3.8, 4) is 0 Å². The summed E-state index contributed by atoms with van der Waals surface area (Å²) in [7, 11) is -1.94. The average molecular weight is 241 g/mol. The molecule has 0 aromatic carbocycles. The minimum absolute atomic E-state index is 0.294. The summed E-state index contributed by atoms with van der Waals surface area (Å²) in [5.74, 6) is -0.405. The van der Waals surface area contributed by atoms with Crippen LogP contribution in [0.4, 0.5) is 0 Å². The normalized spacial score (nSPS) is 12.7. The largest absolute Gasteiger partial charge is 0.460 e. The van der Waals surface area contributed by atoms with Crippen LogP contribution >= 0.6 is 22.2 Å². The molecule has 0 amide bonds. The van der Waals surface area contributed by atoms with Gasteiger partial charge in [0.15, 0.2) is 0 Å². The topological polar surface area (TPSA) is 26.3 Å². The molecule has 0 saturated carbocycles. The van der Waals surface area contributed by atoms with Crippen molar-refractivity contribution in [3.05, 3.63) is 12.2 Å². The molecule has 13 heavy (non-hydrogen) atoms. The SMILES string of the molecule is C=C(C)C(=O)OC(CCC)[SiH](Cl)Cl. The van der Waals surface area contributed by atoms with Gasteiger partial charge in [-0.05, 0) is 13.3 Å². The van der Waals surface area contributed by atoms with Gasteiger partial charge in [0.2, 0.25) is 0 Å². The van der Waals surface area contributed by atoms with E-state index in [0.717, 1.165) is 12.8 Å². The monoisotopic (exact) mass is 240 g/mol. The third kappa shape index (κ3) is 5.34. The van der Waals surface area contributed by atoms with E-state index in [9.17, 15) is 4.79 Å². The van der Waals surface area contributed by atoms with Crippen molar-refractivity contribution in [2.45, 2.75) is 32.4 Å². The van der Waals surface area contributed by atoms with Gasteiger partial charge in [-0.15, -0.1) is 22.2 Å². The zero-order chi connectivity index (χ0) is 10.4. The van der Waals surface area contributed by atoms with E-state index in [1.165, 1.54) is 0 Å². The van der Waals surface area contributed by atoms with E-state index < -0.39 is 13.4 Å². The number of rotatable bonds is 5. The second-order valence-electron chi connectivity index (χ2n) is 2.85. The van der Waals surface area contributed by atoms with Crippen molar-refractivity contribution in [2.75, 3.05) is 0 Å². The Bertz CT molecular complexity index is 195. The van der Waals surface area contributed by atoms with Gasteiger partial charge in [0.1, 0.15) is 5.73 Å². The van der Waals surface area contributed by atoms with Gasteiger partial charge in [-0.2, -0.15) is 0 Å². The van der Waals surface area contributed by atoms with Crippen molar-refractivity contribution in [1.82, 2.24) is 0 Å². The highest BCUT2D eigenvalue weighted by Gasteiger charge is 2.22. The molecule has 0 spiro atoms. The maximum atomic E-state index is 11.1. The lowest BCUT2D eigenvalue weighted by molar-refractivity contribution is -0.141. The van der Waals surface area contributed by atoms with Crippen molar-refractivity contribution in [3.63, 3.8) is 0 Å². The standard InChI is InChI=1S/C8H14Cl2O2Si/c1-4-5-7(13(9)10)12-8(11)6(2)3/h7,13H,2,4-5H2,1,3H3. The lowest BCUT2D eigenvalue weighted by Crippen LogP contribution is -2.27. The summed E-state index contributed by atoms with van der Waals surface area (Å²) in [5.41, 5.74) is 0.0848. The number of halogens is 2. The molecule has 0 aliphatic rings. The van der Waals surface area contributed by atoms with Crippen molar-refractivity contribution >= 4 is 35.5 Å². The van der Waals surface area contributed by atoms with Crippen LogP contribution in [0, 0.1) is 0 Å². The third-order valence-corrected chi connectivity index (χ3v) is 4.18. The van der Waals surface area contributed by atoms with Gasteiger partial charge < -0.3 is 4.74 Å². The zero-order valence-corrected chi connectivity index (χ0v) is 10.5. The van der Waals surface area contributed by atoms with Crippen LogP contribution in [0.1, 0.15) is 26.7 Å². The van der Waals surface area contributed by atoms with Crippen LogP contribution in [0.5, 0.6) is 0 Å². The van der Waals surface area contributed by atoms with Crippen LogP contribution in [0.15, 0.2) is 12.2 Å². The predicted octanol–water partition coefficient (Wildman–Crippen LogP) is 2.51. The highest BCUT2D eigenvalue weighted by Crippen LogP contribution is 2.14. The van der Waals surface area contributed by atoms with Crippen molar-refractivity contribution in [2.24, 2.45) is 0 Å². The van der Waals surface area contributed by atoms with Crippen LogP contribution in [0.25, 0.3) is 0 Å². The first-order valence-corrected chi connectivity index (χ1v) is 8.29. The molecule has 0 aliphatic carbocycles. The van der Waals surface area contributed by atoms with E-state index in [1.807, 2.05) is 6.92 Å². The van der Waals surface area contributed by atoms with E-state index in [1.54, 1.807) is 6.92 Å². The number of carbonyl (C=O) groups is 1. The highest BCUT2D eigenvalue weighted by atomic mass is 35.7. The number of hydrogen-bond donors (Lipinski definition) is 0. The molecule has 0 heterocycles. The molecular formula is C8H14Cl2O2Si. The molecule has 1 unspecified atom stereocenters. The predicted molar refractivity (Wildman–Crippen MR) is 58.5 cm³/mol. The lowest BCUT2D eigenvalue weighted by Gasteiger charge is -2.16. The van der Waals surface area contributed by atoms with Gasteiger partial charge in [0.05, 0.1) is 0 Å². The van der Waals surface area contributed by atoms with Gasteiger partial charge >= 0.3 is 5.97 Å². The molecule has 0 fully saturated rings. The Labute approximate surface area is 89.9 Å². The third-order valence-electron chi connectivity index (χ3n) is 1.46. The van der Waals surface area contributed by atoms with E-state index >= 15 is 0 Å². The van der Waals surface area contributed by atoms with E-state index in [-0.39, 0.29) is 5.73 Å². The summed E-state index contributed by atoms with van der Waals surface area (Å²) >= 11 is 11.5. The molecule has 5 heteroatoms. The first kappa shape index (κ1) is 13.0. The first-order chi connectivity index (χ1) is 5.99. The van der Waals surface area contributed by atoms with Crippen molar-refractivity contribution in [1.29, 1.82) is 0 Å². The maximum Gasteiger partial charge on any atom is 0.333 e. The quantitative estimate of drug-likeness (QED) is 0.320.